The Hall–Kier alpha value is -3.24. The molecule has 0 saturated carbocycles. The van der Waals surface area contributed by atoms with Crippen LogP contribution in [0.15, 0.2) is 30.3 Å². The number of carbonyl (C=O) groups is 2. The maximum absolute atomic E-state index is 13.0. The van der Waals surface area contributed by atoms with Crippen molar-refractivity contribution in [3.8, 4) is 16.9 Å². The molecule has 5 nitrogen and oxygen atoms in total. The minimum atomic E-state index is -5.19. The summed E-state index contributed by atoms with van der Waals surface area (Å²) in [4.78, 5) is 22.9. The highest BCUT2D eigenvalue weighted by Gasteiger charge is 2.38. The Balaban J connectivity index is 2.99. The fourth-order valence-corrected chi connectivity index (χ4v) is 2.42. The van der Waals surface area contributed by atoms with Gasteiger partial charge in [0.15, 0.2) is 0 Å². The summed E-state index contributed by atoms with van der Waals surface area (Å²) in [5, 5.41) is 19.0. The molecule has 0 heterocycles. The van der Waals surface area contributed by atoms with Crippen molar-refractivity contribution in [3.63, 3.8) is 0 Å². The van der Waals surface area contributed by atoms with Gasteiger partial charge >= 0.3 is 18.3 Å². The van der Waals surface area contributed by atoms with Gasteiger partial charge in [0.1, 0.15) is 5.75 Å². The van der Waals surface area contributed by atoms with Crippen LogP contribution in [0.2, 0.25) is 0 Å². The molecule has 0 radical (unpaired) electrons. The molecular formula is C16H9F6NO4. The first-order valence-electron chi connectivity index (χ1n) is 6.92. The normalized spacial score (nSPS) is 12.1. The summed E-state index contributed by atoms with van der Waals surface area (Å²) in [5.74, 6) is -4.08. The van der Waals surface area contributed by atoms with E-state index in [-0.39, 0.29) is 18.2 Å². The van der Waals surface area contributed by atoms with Gasteiger partial charge in [-0.2, -0.15) is 26.3 Å². The van der Waals surface area contributed by atoms with E-state index in [1.165, 1.54) is 0 Å². The maximum atomic E-state index is 13.0. The minimum absolute atomic E-state index is 0.156. The molecule has 0 atom stereocenters. The quantitative estimate of drug-likeness (QED) is 0.689. The predicted octanol–water partition coefficient (Wildman–Crippen LogP) is 3.89. The van der Waals surface area contributed by atoms with Crippen LogP contribution >= 0.6 is 0 Å². The third kappa shape index (κ3) is 3.96. The van der Waals surface area contributed by atoms with Gasteiger partial charge in [-0.25, -0.2) is 4.79 Å². The number of phenols is 1. The lowest BCUT2D eigenvalue weighted by Gasteiger charge is -2.17. The van der Waals surface area contributed by atoms with E-state index in [2.05, 4.69) is 0 Å². The lowest BCUT2D eigenvalue weighted by atomic mass is 9.90. The number of rotatable bonds is 3. The van der Waals surface area contributed by atoms with Crippen molar-refractivity contribution in [2.45, 2.75) is 12.4 Å². The Bertz CT molecular complexity index is 901. The molecule has 1 amide bonds. The van der Waals surface area contributed by atoms with E-state index in [0.717, 1.165) is 12.1 Å². The van der Waals surface area contributed by atoms with Gasteiger partial charge in [0, 0.05) is 5.56 Å². The number of aromatic carboxylic acids is 1. The molecule has 0 saturated heterocycles. The summed E-state index contributed by atoms with van der Waals surface area (Å²) in [6.07, 6.45) is -10.4. The number of hydrogen-bond acceptors (Lipinski definition) is 3. The summed E-state index contributed by atoms with van der Waals surface area (Å²) < 4.78 is 78.1. The van der Waals surface area contributed by atoms with Crippen molar-refractivity contribution >= 4 is 11.9 Å². The average molecular weight is 393 g/mol. The molecule has 0 spiro atoms. The van der Waals surface area contributed by atoms with Crippen LogP contribution in [0.5, 0.6) is 5.75 Å². The van der Waals surface area contributed by atoms with Crippen molar-refractivity contribution in [1.29, 1.82) is 0 Å². The van der Waals surface area contributed by atoms with Gasteiger partial charge < -0.3 is 15.9 Å². The number of carboxylic acid groups (broad SMARTS) is 1. The number of carbonyl (C=O) groups excluding carboxylic acids is 1. The number of alkyl halides is 6. The Morgan fingerprint density at radius 1 is 0.889 bits per heavy atom. The number of hydrogen-bond donors (Lipinski definition) is 3. The van der Waals surface area contributed by atoms with E-state index < -0.39 is 63.4 Å². The number of primary amides is 1. The molecule has 0 aromatic heterocycles. The van der Waals surface area contributed by atoms with Crippen molar-refractivity contribution in [2.24, 2.45) is 5.73 Å². The van der Waals surface area contributed by atoms with Gasteiger partial charge in [-0.05, 0) is 35.9 Å². The lowest BCUT2D eigenvalue weighted by Crippen LogP contribution is -2.16. The second-order valence-electron chi connectivity index (χ2n) is 5.35. The fourth-order valence-electron chi connectivity index (χ4n) is 2.42. The summed E-state index contributed by atoms with van der Waals surface area (Å²) in [6, 6.07) is 1.79. The number of benzene rings is 2. The number of nitrogens with two attached hydrogens (primary N) is 1. The largest absolute Gasteiger partial charge is 0.507 e. The van der Waals surface area contributed by atoms with Gasteiger partial charge in [0.2, 0.25) is 0 Å². The smallest absolute Gasteiger partial charge is 0.416 e. The molecule has 0 aliphatic rings. The van der Waals surface area contributed by atoms with E-state index in [4.69, 9.17) is 5.73 Å². The molecule has 144 valence electrons. The zero-order valence-corrected chi connectivity index (χ0v) is 12.9. The van der Waals surface area contributed by atoms with Crippen LogP contribution in [0.25, 0.3) is 11.1 Å². The Labute approximate surface area is 146 Å². The maximum Gasteiger partial charge on any atom is 0.416 e. The van der Waals surface area contributed by atoms with E-state index >= 15 is 0 Å². The SMILES string of the molecule is NC(=O)c1c(O)ccc(C(=O)O)c1-c1cc(C(F)(F)F)cc(C(F)(F)F)c1. The standard InChI is InChI=1S/C16H9F6NO4/c17-15(18,19)7-3-6(4-8(5-7)16(20,21)22)11-9(14(26)27)1-2-10(24)12(11)13(23)25/h1-5,24H,(H2,23,25)(H,26,27). The molecular weight excluding hydrogens is 384 g/mol. The van der Waals surface area contributed by atoms with Crippen LogP contribution in [-0.4, -0.2) is 22.1 Å². The zero-order chi connectivity index (χ0) is 20.7. The first-order chi connectivity index (χ1) is 12.2. The van der Waals surface area contributed by atoms with Gasteiger partial charge in [-0.15, -0.1) is 0 Å². The second-order valence-corrected chi connectivity index (χ2v) is 5.35. The van der Waals surface area contributed by atoms with Crippen LogP contribution < -0.4 is 5.73 Å². The molecule has 0 aliphatic carbocycles. The van der Waals surface area contributed by atoms with Crippen molar-refractivity contribution in [3.05, 3.63) is 52.6 Å². The molecule has 4 N–H and O–H groups in total. The molecule has 11 heteroatoms. The van der Waals surface area contributed by atoms with E-state index in [1.807, 2.05) is 0 Å². The number of aromatic hydroxyl groups is 1. The molecule has 2 rings (SSSR count). The molecule has 0 fully saturated rings. The first kappa shape index (κ1) is 20.1. The third-order valence-corrected chi connectivity index (χ3v) is 3.54. The summed E-state index contributed by atoms with van der Waals surface area (Å²) in [6.45, 7) is 0. The zero-order valence-electron chi connectivity index (χ0n) is 12.9. The van der Waals surface area contributed by atoms with Crippen LogP contribution in [0.1, 0.15) is 31.8 Å². The highest BCUT2D eigenvalue weighted by molar-refractivity contribution is 6.08. The van der Waals surface area contributed by atoms with Crippen molar-refractivity contribution in [1.82, 2.24) is 0 Å². The topological polar surface area (TPSA) is 101 Å². The Morgan fingerprint density at radius 2 is 1.37 bits per heavy atom. The monoisotopic (exact) mass is 393 g/mol. The average Bonchev–Trinajstić information content (AvgIpc) is 2.51. The fraction of sp³-hybridized carbons (Fsp3) is 0.125. The van der Waals surface area contributed by atoms with Gasteiger partial charge in [-0.3, -0.25) is 4.79 Å². The van der Waals surface area contributed by atoms with Crippen LogP contribution in [0.3, 0.4) is 0 Å². The molecule has 0 aliphatic heterocycles. The van der Waals surface area contributed by atoms with Crippen LogP contribution in [-0.2, 0) is 12.4 Å². The van der Waals surface area contributed by atoms with Crippen LogP contribution in [0, 0.1) is 0 Å². The third-order valence-electron chi connectivity index (χ3n) is 3.54. The van der Waals surface area contributed by atoms with E-state index in [0.29, 0.717) is 0 Å². The highest BCUT2D eigenvalue weighted by atomic mass is 19.4. The van der Waals surface area contributed by atoms with E-state index in [9.17, 15) is 46.1 Å². The van der Waals surface area contributed by atoms with Crippen molar-refractivity contribution in [2.75, 3.05) is 0 Å². The Kier molecular flexibility index (Phi) is 4.82. The second kappa shape index (κ2) is 6.49. The summed E-state index contributed by atoms with van der Waals surface area (Å²) in [7, 11) is 0. The summed E-state index contributed by atoms with van der Waals surface area (Å²) in [5.41, 5.74) is -1.88. The molecule has 0 unspecified atom stereocenters. The number of carboxylic acids is 1. The number of halogens is 6. The minimum Gasteiger partial charge on any atom is -0.507 e. The highest BCUT2D eigenvalue weighted by Crippen LogP contribution is 2.41. The molecule has 0 bridgehead atoms. The predicted molar refractivity (Wildman–Crippen MR) is 79.0 cm³/mol. The molecule has 2 aromatic carbocycles. The molecule has 27 heavy (non-hydrogen) atoms. The van der Waals surface area contributed by atoms with Crippen molar-refractivity contribution < 1.29 is 46.1 Å². The Morgan fingerprint density at radius 3 is 1.74 bits per heavy atom. The molecule has 2 aromatic rings. The van der Waals surface area contributed by atoms with Gasteiger partial charge in [0.05, 0.1) is 22.3 Å². The van der Waals surface area contributed by atoms with E-state index in [1.54, 1.807) is 0 Å². The lowest BCUT2D eigenvalue weighted by molar-refractivity contribution is -0.143. The first-order valence-corrected chi connectivity index (χ1v) is 6.92. The van der Waals surface area contributed by atoms with Crippen LogP contribution in [0.4, 0.5) is 26.3 Å². The van der Waals surface area contributed by atoms with Gasteiger partial charge in [0.25, 0.3) is 5.91 Å². The number of amides is 1. The summed E-state index contributed by atoms with van der Waals surface area (Å²) >= 11 is 0. The van der Waals surface area contributed by atoms with Gasteiger partial charge in [-0.1, -0.05) is 0 Å².